The molecule has 2 aliphatic rings. The highest BCUT2D eigenvalue weighted by atomic mass is 35.5. The van der Waals surface area contributed by atoms with Gasteiger partial charge in [0.1, 0.15) is 17.7 Å². The van der Waals surface area contributed by atoms with Crippen LogP contribution in [-0.4, -0.2) is 71.3 Å². The monoisotopic (exact) mass is 672 g/mol. The first-order valence-electron chi connectivity index (χ1n) is 12.9. The van der Waals surface area contributed by atoms with Crippen molar-refractivity contribution in [1.82, 2.24) is 9.03 Å². The number of fused-ring (bicyclic) bond motifs is 1. The normalized spacial score (nSPS) is 20.0. The van der Waals surface area contributed by atoms with Gasteiger partial charge in [0.15, 0.2) is 0 Å². The van der Waals surface area contributed by atoms with Crippen LogP contribution in [0.3, 0.4) is 0 Å². The van der Waals surface area contributed by atoms with Gasteiger partial charge in [-0.05, 0) is 62.6 Å². The Hall–Kier alpha value is -2.86. The minimum absolute atomic E-state index is 0.0448. The number of halogens is 5. The summed E-state index contributed by atoms with van der Waals surface area (Å²) in [4.78, 5) is 11.9. The standard InChI is InChI=1S/C25H29ClF4N4O7S2/c1-15-8-9-33(13-15)43(38,39)31-12-17-14-34(42(36,37)18-5-6-20(27)19(26)11-18)21-10-16(4-7-22(21)40-17)32-23(35)41-24(2,3)25(28,29)30/h4-7,10-11,15,17,31H,8-9,12-14H2,1-3H3,(H,32,35). The molecule has 2 atom stereocenters. The van der Waals surface area contributed by atoms with Crippen molar-refractivity contribution < 1.29 is 48.7 Å². The van der Waals surface area contributed by atoms with E-state index in [1.165, 1.54) is 16.4 Å². The molecule has 1 fully saturated rings. The molecule has 0 radical (unpaired) electrons. The van der Waals surface area contributed by atoms with Crippen molar-refractivity contribution in [1.29, 1.82) is 0 Å². The number of benzene rings is 2. The van der Waals surface area contributed by atoms with Gasteiger partial charge in [0.05, 0.1) is 28.7 Å². The first-order chi connectivity index (χ1) is 19.8. The second-order valence-corrected chi connectivity index (χ2v) is 14.7. The van der Waals surface area contributed by atoms with Crippen molar-refractivity contribution >= 4 is 49.3 Å². The molecule has 0 aliphatic carbocycles. The number of nitrogens with zero attached hydrogens (tertiary/aromatic N) is 2. The van der Waals surface area contributed by atoms with E-state index in [4.69, 9.17) is 16.3 Å². The van der Waals surface area contributed by atoms with Crippen LogP contribution < -0.4 is 19.1 Å². The fourth-order valence-electron chi connectivity index (χ4n) is 4.32. The van der Waals surface area contributed by atoms with Crippen LogP contribution in [0.15, 0.2) is 41.3 Å². The van der Waals surface area contributed by atoms with Gasteiger partial charge in [-0.3, -0.25) is 9.62 Å². The number of ether oxygens (including phenoxy) is 2. The maximum absolute atomic E-state index is 13.8. The molecule has 2 heterocycles. The summed E-state index contributed by atoms with van der Waals surface area (Å²) in [6, 6.07) is 6.35. The van der Waals surface area contributed by atoms with E-state index < -0.39 is 66.5 Å². The first-order valence-corrected chi connectivity index (χ1v) is 16.2. The van der Waals surface area contributed by atoms with Crippen molar-refractivity contribution in [3.8, 4) is 5.75 Å². The lowest BCUT2D eigenvalue weighted by atomic mass is 10.1. The van der Waals surface area contributed by atoms with Gasteiger partial charge in [0.25, 0.3) is 20.2 Å². The van der Waals surface area contributed by atoms with Crippen LogP contribution in [0.5, 0.6) is 5.75 Å². The smallest absolute Gasteiger partial charge is 0.427 e. The van der Waals surface area contributed by atoms with Crippen LogP contribution in [0.2, 0.25) is 5.02 Å². The summed E-state index contributed by atoms with van der Waals surface area (Å²) < 4.78 is 121. The summed E-state index contributed by atoms with van der Waals surface area (Å²) in [5.41, 5.74) is -3.09. The highest BCUT2D eigenvalue weighted by molar-refractivity contribution is 7.92. The molecule has 0 saturated carbocycles. The molecule has 2 aromatic carbocycles. The number of sulfonamides is 1. The lowest BCUT2D eigenvalue weighted by Gasteiger charge is -2.36. The molecule has 18 heteroatoms. The summed E-state index contributed by atoms with van der Waals surface area (Å²) >= 11 is 5.82. The number of anilines is 2. The molecular formula is C25H29ClF4N4O7S2. The van der Waals surface area contributed by atoms with Crippen LogP contribution in [0.25, 0.3) is 0 Å². The van der Waals surface area contributed by atoms with E-state index in [-0.39, 0.29) is 29.6 Å². The summed E-state index contributed by atoms with van der Waals surface area (Å²) in [5.74, 6) is -0.730. The number of nitrogens with one attached hydrogen (secondary N) is 2. The van der Waals surface area contributed by atoms with Crippen LogP contribution in [0.4, 0.5) is 33.7 Å². The van der Waals surface area contributed by atoms with E-state index in [1.54, 1.807) is 0 Å². The van der Waals surface area contributed by atoms with Gasteiger partial charge < -0.3 is 9.47 Å². The minimum Gasteiger partial charge on any atom is -0.485 e. The van der Waals surface area contributed by atoms with Crippen LogP contribution in [0, 0.1) is 11.7 Å². The Labute approximate surface area is 251 Å². The SMILES string of the molecule is CC1CCN(S(=O)(=O)NCC2CN(S(=O)(=O)c3ccc(F)c(Cl)c3)c3cc(NC(=O)OC(C)(C)C(F)(F)F)ccc3O2)C1. The van der Waals surface area contributed by atoms with E-state index in [0.29, 0.717) is 33.4 Å². The highest BCUT2D eigenvalue weighted by Gasteiger charge is 2.51. The molecule has 2 aromatic rings. The molecule has 0 bridgehead atoms. The zero-order chi connectivity index (χ0) is 32.0. The number of hydrogen-bond donors (Lipinski definition) is 2. The maximum atomic E-state index is 13.8. The van der Waals surface area contributed by atoms with Crippen LogP contribution >= 0.6 is 11.6 Å². The Morgan fingerprint density at radius 2 is 1.81 bits per heavy atom. The zero-order valence-corrected chi connectivity index (χ0v) is 25.5. The summed E-state index contributed by atoms with van der Waals surface area (Å²) in [5, 5.41) is 1.67. The van der Waals surface area contributed by atoms with Gasteiger partial charge >= 0.3 is 12.3 Å². The second-order valence-electron chi connectivity index (χ2n) is 10.7. The van der Waals surface area contributed by atoms with Crippen molar-refractivity contribution in [3.63, 3.8) is 0 Å². The Balaban J connectivity index is 1.63. The van der Waals surface area contributed by atoms with Gasteiger partial charge in [-0.1, -0.05) is 18.5 Å². The molecule has 2 unspecified atom stereocenters. The van der Waals surface area contributed by atoms with Gasteiger partial charge in [0, 0.05) is 18.8 Å². The van der Waals surface area contributed by atoms with Gasteiger partial charge in [0.2, 0.25) is 5.60 Å². The van der Waals surface area contributed by atoms with E-state index in [1.807, 2.05) is 6.92 Å². The lowest BCUT2D eigenvalue weighted by Crippen LogP contribution is -2.50. The number of alkyl halides is 3. The molecule has 4 rings (SSSR count). The fourth-order valence-corrected chi connectivity index (χ4v) is 7.47. The Morgan fingerprint density at radius 1 is 1.12 bits per heavy atom. The average molecular weight is 673 g/mol. The molecule has 0 aromatic heterocycles. The van der Waals surface area contributed by atoms with E-state index in [2.05, 4.69) is 14.8 Å². The number of carbonyl (C=O) groups is 1. The minimum atomic E-state index is -4.86. The Morgan fingerprint density at radius 3 is 2.42 bits per heavy atom. The zero-order valence-electron chi connectivity index (χ0n) is 23.1. The maximum Gasteiger partial charge on any atom is 0.427 e. The lowest BCUT2D eigenvalue weighted by molar-refractivity contribution is -0.242. The molecule has 11 nitrogen and oxygen atoms in total. The fraction of sp³-hybridized carbons (Fsp3) is 0.480. The third-order valence-corrected chi connectivity index (χ3v) is 10.5. The number of rotatable bonds is 8. The quantitative estimate of drug-likeness (QED) is 0.395. The molecule has 0 spiro atoms. The van der Waals surface area contributed by atoms with Crippen LogP contribution in [0.1, 0.15) is 27.2 Å². The largest absolute Gasteiger partial charge is 0.485 e. The second kappa shape index (κ2) is 11.9. The van der Waals surface area contributed by atoms with Gasteiger partial charge in [-0.15, -0.1) is 0 Å². The summed E-state index contributed by atoms with van der Waals surface area (Å²) in [6.45, 7) is 3.15. The Bertz CT molecular complexity index is 1610. The van der Waals surface area contributed by atoms with Gasteiger partial charge in [-0.25, -0.2) is 17.6 Å². The summed E-state index contributed by atoms with van der Waals surface area (Å²) in [6.07, 6.45) is -6.66. The van der Waals surface area contributed by atoms with Crippen molar-refractivity contribution in [2.75, 3.05) is 35.8 Å². The van der Waals surface area contributed by atoms with Gasteiger partial charge in [-0.2, -0.15) is 30.6 Å². The van der Waals surface area contributed by atoms with Crippen molar-refractivity contribution in [3.05, 3.63) is 47.2 Å². The van der Waals surface area contributed by atoms with Crippen molar-refractivity contribution in [2.45, 2.75) is 50.0 Å². The molecule has 43 heavy (non-hydrogen) atoms. The highest BCUT2D eigenvalue weighted by Crippen LogP contribution is 2.40. The number of carbonyl (C=O) groups excluding carboxylic acids is 1. The van der Waals surface area contributed by atoms with E-state index >= 15 is 0 Å². The first kappa shape index (κ1) is 33.0. The third kappa shape index (κ3) is 7.28. The molecular weight excluding hydrogens is 644 g/mol. The average Bonchev–Trinajstić information content (AvgIpc) is 3.35. The molecule has 1 saturated heterocycles. The predicted octanol–water partition coefficient (Wildman–Crippen LogP) is 4.50. The molecule has 1 amide bonds. The molecule has 238 valence electrons. The van der Waals surface area contributed by atoms with E-state index in [0.717, 1.165) is 28.6 Å². The van der Waals surface area contributed by atoms with Crippen molar-refractivity contribution in [2.24, 2.45) is 5.92 Å². The predicted molar refractivity (Wildman–Crippen MR) is 149 cm³/mol. The number of amides is 1. The Kier molecular flexibility index (Phi) is 9.15. The number of hydrogen-bond acceptors (Lipinski definition) is 7. The third-order valence-electron chi connectivity index (χ3n) is 6.87. The molecule has 2 aliphatic heterocycles. The van der Waals surface area contributed by atoms with E-state index in [9.17, 15) is 39.2 Å². The van der Waals surface area contributed by atoms with Crippen LogP contribution in [-0.2, 0) is 25.0 Å². The molecule has 2 N–H and O–H groups in total. The topological polar surface area (TPSA) is 134 Å². The summed E-state index contributed by atoms with van der Waals surface area (Å²) in [7, 11) is -8.39.